The van der Waals surface area contributed by atoms with E-state index in [2.05, 4.69) is 20.7 Å². The molecular weight excluding hydrogens is 502 g/mol. The number of carbonyl (C=O) groups excluding carboxylic acids is 1. The fraction of sp³-hybridized carbons (Fsp3) is 0.214. The molecule has 4 rings (SSSR count). The lowest BCUT2D eigenvalue weighted by atomic mass is 10.1. The summed E-state index contributed by atoms with van der Waals surface area (Å²) in [6, 6.07) is 19.7. The van der Waals surface area contributed by atoms with Crippen molar-refractivity contribution >= 4 is 23.9 Å². The standard InChI is InChI=1S/C28H29N5O4S/c1-18-6-10-20(11-7-18)27-31-32-28(33(27)22-13-8-19(2)9-14-22)38-17-24(34)30-29-16-21-12-15-23(35-3)26(37-5)25(21)36-4/h6-16H,17H2,1-5H3,(H,30,34)/b29-16+. The van der Waals surface area contributed by atoms with Crippen molar-refractivity contribution in [3.05, 3.63) is 77.4 Å². The van der Waals surface area contributed by atoms with Crippen molar-refractivity contribution in [2.75, 3.05) is 27.1 Å². The van der Waals surface area contributed by atoms with Gasteiger partial charge >= 0.3 is 0 Å². The van der Waals surface area contributed by atoms with Crippen molar-refractivity contribution in [1.29, 1.82) is 0 Å². The first-order chi connectivity index (χ1) is 18.4. The predicted molar refractivity (Wildman–Crippen MR) is 149 cm³/mol. The van der Waals surface area contributed by atoms with Crippen LogP contribution in [-0.2, 0) is 4.79 Å². The van der Waals surface area contributed by atoms with E-state index < -0.39 is 0 Å². The largest absolute Gasteiger partial charge is 0.493 e. The fourth-order valence-electron chi connectivity index (χ4n) is 3.74. The minimum atomic E-state index is -0.291. The van der Waals surface area contributed by atoms with Crippen LogP contribution in [0.5, 0.6) is 17.2 Å². The van der Waals surface area contributed by atoms with Crippen molar-refractivity contribution in [3.8, 4) is 34.3 Å². The zero-order valence-corrected chi connectivity index (χ0v) is 22.7. The van der Waals surface area contributed by atoms with Crippen LogP contribution in [0.4, 0.5) is 0 Å². The Morgan fingerprint density at radius 3 is 2.18 bits per heavy atom. The third kappa shape index (κ3) is 5.97. The Labute approximate surface area is 225 Å². The SMILES string of the molecule is COc1ccc(/C=N/NC(=O)CSc2nnc(-c3ccc(C)cc3)n2-c2ccc(C)cc2)c(OC)c1OC. The van der Waals surface area contributed by atoms with E-state index in [1.807, 2.05) is 66.9 Å². The predicted octanol–water partition coefficient (Wildman–Crippen LogP) is 4.82. The van der Waals surface area contributed by atoms with Gasteiger partial charge < -0.3 is 14.2 Å². The molecule has 0 bridgehead atoms. The molecule has 0 radical (unpaired) electrons. The smallest absolute Gasteiger partial charge is 0.250 e. The molecule has 0 saturated heterocycles. The number of aryl methyl sites for hydroxylation is 2. The van der Waals surface area contributed by atoms with Gasteiger partial charge in [-0.05, 0) is 38.1 Å². The van der Waals surface area contributed by atoms with Crippen LogP contribution >= 0.6 is 11.8 Å². The lowest BCUT2D eigenvalue weighted by Gasteiger charge is -2.13. The minimum Gasteiger partial charge on any atom is -0.493 e. The monoisotopic (exact) mass is 531 g/mol. The first-order valence-corrected chi connectivity index (χ1v) is 12.8. The Balaban J connectivity index is 1.50. The van der Waals surface area contributed by atoms with Gasteiger partial charge in [-0.1, -0.05) is 59.3 Å². The average Bonchev–Trinajstić information content (AvgIpc) is 3.36. The second kappa shape index (κ2) is 12.3. The molecule has 3 aromatic carbocycles. The van der Waals surface area contributed by atoms with Crippen molar-refractivity contribution in [2.24, 2.45) is 5.10 Å². The molecule has 0 spiro atoms. The van der Waals surface area contributed by atoms with Gasteiger partial charge in [0.1, 0.15) is 0 Å². The summed E-state index contributed by atoms with van der Waals surface area (Å²) >= 11 is 1.28. The van der Waals surface area contributed by atoms with Gasteiger partial charge in [-0.15, -0.1) is 10.2 Å². The number of aromatic nitrogens is 3. The molecule has 38 heavy (non-hydrogen) atoms. The molecule has 0 aliphatic carbocycles. The summed E-state index contributed by atoms with van der Waals surface area (Å²) < 4.78 is 18.1. The first kappa shape index (κ1) is 26.7. The van der Waals surface area contributed by atoms with E-state index in [-0.39, 0.29) is 11.7 Å². The van der Waals surface area contributed by atoms with E-state index in [9.17, 15) is 4.79 Å². The first-order valence-electron chi connectivity index (χ1n) is 11.8. The lowest BCUT2D eigenvalue weighted by molar-refractivity contribution is -0.118. The van der Waals surface area contributed by atoms with Gasteiger partial charge in [0.15, 0.2) is 22.5 Å². The lowest BCUT2D eigenvalue weighted by Crippen LogP contribution is -2.20. The molecular formula is C28H29N5O4S. The number of thioether (sulfide) groups is 1. The van der Waals surface area contributed by atoms with Crippen LogP contribution in [0.25, 0.3) is 17.1 Å². The number of hydrogen-bond acceptors (Lipinski definition) is 8. The third-order valence-corrected chi connectivity index (χ3v) is 6.62. The number of rotatable bonds is 10. The van der Waals surface area contributed by atoms with Crippen LogP contribution in [0.2, 0.25) is 0 Å². The number of hydrazone groups is 1. The molecule has 0 fully saturated rings. The molecule has 0 saturated carbocycles. The number of amides is 1. The summed E-state index contributed by atoms with van der Waals surface area (Å²) in [6.07, 6.45) is 1.49. The number of nitrogens with zero attached hydrogens (tertiary/aromatic N) is 4. The topological polar surface area (TPSA) is 99.9 Å². The fourth-order valence-corrected chi connectivity index (χ4v) is 4.49. The van der Waals surface area contributed by atoms with Gasteiger partial charge in [0, 0.05) is 16.8 Å². The summed E-state index contributed by atoms with van der Waals surface area (Å²) in [4.78, 5) is 12.6. The van der Waals surface area contributed by atoms with E-state index in [4.69, 9.17) is 14.2 Å². The highest BCUT2D eigenvalue weighted by molar-refractivity contribution is 7.99. The molecule has 10 heteroatoms. The van der Waals surface area contributed by atoms with Gasteiger partial charge in [-0.2, -0.15) is 5.10 Å². The molecule has 1 heterocycles. The number of ether oxygens (including phenoxy) is 3. The Morgan fingerprint density at radius 1 is 0.895 bits per heavy atom. The maximum Gasteiger partial charge on any atom is 0.250 e. The molecule has 4 aromatic rings. The highest BCUT2D eigenvalue weighted by atomic mass is 32.2. The quantitative estimate of drug-likeness (QED) is 0.178. The summed E-state index contributed by atoms with van der Waals surface area (Å²) in [5, 5.41) is 13.5. The Bertz CT molecular complexity index is 1430. The second-order valence-corrected chi connectivity index (χ2v) is 9.29. The van der Waals surface area contributed by atoms with Crippen LogP contribution < -0.4 is 19.6 Å². The van der Waals surface area contributed by atoms with Crippen LogP contribution in [0.15, 0.2) is 70.9 Å². The number of methoxy groups -OCH3 is 3. The van der Waals surface area contributed by atoms with Crippen molar-refractivity contribution < 1.29 is 19.0 Å². The van der Waals surface area contributed by atoms with E-state index in [0.29, 0.717) is 33.8 Å². The van der Waals surface area contributed by atoms with E-state index >= 15 is 0 Å². The summed E-state index contributed by atoms with van der Waals surface area (Å²) in [6.45, 7) is 4.08. The van der Waals surface area contributed by atoms with Crippen LogP contribution in [-0.4, -0.2) is 54.0 Å². The number of benzene rings is 3. The highest BCUT2D eigenvalue weighted by Gasteiger charge is 2.18. The average molecular weight is 532 g/mol. The van der Waals surface area contributed by atoms with Gasteiger partial charge in [0.05, 0.1) is 33.3 Å². The Hall–Kier alpha value is -4.31. The van der Waals surface area contributed by atoms with Gasteiger partial charge in [-0.3, -0.25) is 9.36 Å². The van der Waals surface area contributed by atoms with Crippen molar-refractivity contribution in [2.45, 2.75) is 19.0 Å². The number of carbonyl (C=O) groups is 1. The van der Waals surface area contributed by atoms with Crippen LogP contribution in [0, 0.1) is 13.8 Å². The zero-order valence-electron chi connectivity index (χ0n) is 21.9. The van der Waals surface area contributed by atoms with E-state index in [1.165, 1.54) is 32.2 Å². The highest BCUT2D eigenvalue weighted by Crippen LogP contribution is 2.39. The zero-order chi connectivity index (χ0) is 27.1. The molecule has 1 amide bonds. The van der Waals surface area contributed by atoms with Gasteiger partial charge in [-0.25, -0.2) is 5.43 Å². The van der Waals surface area contributed by atoms with Crippen molar-refractivity contribution in [1.82, 2.24) is 20.2 Å². The molecule has 1 N–H and O–H groups in total. The van der Waals surface area contributed by atoms with E-state index in [1.54, 1.807) is 19.2 Å². The molecule has 0 aliphatic heterocycles. The number of nitrogens with one attached hydrogen (secondary N) is 1. The molecule has 196 valence electrons. The summed E-state index contributed by atoms with van der Waals surface area (Å²) in [5.74, 6) is 1.94. The third-order valence-electron chi connectivity index (χ3n) is 5.70. The van der Waals surface area contributed by atoms with Gasteiger partial charge in [0.25, 0.3) is 5.91 Å². The molecule has 9 nitrogen and oxygen atoms in total. The van der Waals surface area contributed by atoms with Crippen LogP contribution in [0.3, 0.4) is 0 Å². The molecule has 0 aliphatic rings. The minimum absolute atomic E-state index is 0.0955. The molecule has 0 atom stereocenters. The van der Waals surface area contributed by atoms with Gasteiger partial charge in [0.2, 0.25) is 5.75 Å². The molecule has 1 aromatic heterocycles. The van der Waals surface area contributed by atoms with E-state index in [0.717, 1.165) is 22.4 Å². The maximum absolute atomic E-state index is 12.6. The van der Waals surface area contributed by atoms with Crippen molar-refractivity contribution in [3.63, 3.8) is 0 Å². The Kier molecular flexibility index (Phi) is 8.65. The maximum atomic E-state index is 12.6. The summed E-state index contributed by atoms with van der Waals surface area (Å²) in [7, 11) is 4.60. The summed E-state index contributed by atoms with van der Waals surface area (Å²) in [5.41, 5.74) is 7.34. The number of hydrogen-bond donors (Lipinski definition) is 1. The molecule has 0 unspecified atom stereocenters. The second-order valence-electron chi connectivity index (χ2n) is 8.35. The Morgan fingerprint density at radius 2 is 1.55 bits per heavy atom. The van der Waals surface area contributed by atoms with Crippen LogP contribution in [0.1, 0.15) is 16.7 Å². The normalized spacial score (nSPS) is 11.0.